The number of nitrogens with two attached hydrogens (primary N) is 1. The Balaban J connectivity index is 2.05. The van der Waals surface area contributed by atoms with Gasteiger partial charge in [-0.2, -0.15) is 0 Å². The van der Waals surface area contributed by atoms with Crippen LogP contribution in [0.1, 0.15) is 36.8 Å². The van der Waals surface area contributed by atoms with Crippen LogP contribution in [0, 0.1) is 0 Å². The van der Waals surface area contributed by atoms with E-state index in [-0.39, 0.29) is 11.7 Å². The Morgan fingerprint density at radius 2 is 1.81 bits per heavy atom. The molecule has 0 radical (unpaired) electrons. The molecule has 1 aliphatic carbocycles. The number of amides is 1. The van der Waals surface area contributed by atoms with E-state index in [2.05, 4.69) is 5.32 Å². The van der Waals surface area contributed by atoms with Crippen LogP contribution < -0.4 is 11.1 Å². The first kappa shape index (κ1) is 16.0. The summed E-state index contributed by atoms with van der Waals surface area (Å²) in [5, 5.41) is 2.85. The van der Waals surface area contributed by atoms with Crippen molar-refractivity contribution in [1.29, 1.82) is 0 Å². The molecule has 0 spiro atoms. The molecule has 1 fully saturated rings. The summed E-state index contributed by atoms with van der Waals surface area (Å²) >= 11 is 0. The molecule has 116 valence electrons. The molecule has 0 unspecified atom stereocenters. The molecule has 5 nitrogen and oxygen atoms in total. The largest absolute Gasteiger partial charge is 0.350 e. The van der Waals surface area contributed by atoms with Crippen LogP contribution in [0.5, 0.6) is 0 Å². The van der Waals surface area contributed by atoms with Crippen molar-refractivity contribution in [2.45, 2.75) is 43.5 Å². The van der Waals surface area contributed by atoms with Gasteiger partial charge in [0.25, 0.3) is 0 Å². The summed E-state index contributed by atoms with van der Waals surface area (Å²) in [6, 6.07) is 7.24. The third kappa shape index (κ3) is 4.28. The topological polar surface area (TPSA) is 89.3 Å². The molecule has 1 saturated carbocycles. The van der Waals surface area contributed by atoms with Gasteiger partial charge in [0.05, 0.1) is 11.3 Å². The van der Waals surface area contributed by atoms with E-state index in [1.807, 2.05) is 12.1 Å². The Bertz CT molecular complexity index is 620. The molecular weight excluding hydrogens is 288 g/mol. The van der Waals surface area contributed by atoms with Gasteiger partial charge in [-0.25, -0.2) is 8.42 Å². The molecule has 1 aliphatic rings. The molecule has 0 atom stereocenters. The molecule has 6 heteroatoms. The van der Waals surface area contributed by atoms with Gasteiger partial charge in [-0.05, 0) is 24.0 Å². The summed E-state index contributed by atoms with van der Waals surface area (Å²) < 4.78 is 22.9. The molecule has 2 rings (SSSR count). The number of hydrogen-bond acceptors (Lipinski definition) is 4. The molecule has 3 N–H and O–H groups in total. The standard InChI is InChI=1S/C15H22N2O3S/c1-21(19,20)11-13-7-3-2-6-12(13)10-17-14(18)15(16)8-4-5-9-15/h2-3,6-7H,4-5,8-11,16H2,1H3,(H,17,18). The smallest absolute Gasteiger partial charge is 0.240 e. The third-order valence-electron chi connectivity index (χ3n) is 3.92. The Labute approximate surface area is 125 Å². The van der Waals surface area contributed by atoms with Crippen molar-refractivity contribution >= 4 is 15.7 Å². The minimum absolute atomic E-state index is 0.0210. The Morgan fingerprint density at radius 3 is 2.38 bits per heavy atom. The summed E-state index contributed by atoms with van der Waals surface area (Å²) in [5.41, 5.74) is 6.88. The van der Waals surface area contributed by atoms with Crippen molar-refractivity contribution in [3.8, 4) is 0 Å². The number of hydrogen-bond donors (Lipinski definition) is 2. The normalized spacial score (nSPS) is 17.6. The van der Waals surface area contributed by atoms with E-state index in [1.165, 1.54) is 6.26 Å². The zero-order valence-corrected chi connectivity index (χ0v) is 13.1. The van der Waals surface area contributed by atoms with E-state index in [9.17, 15) is 13.2 Å². The van der Waals surface area contributed by atoms with Gasteiger partial charge >= 0.3 is 0 Å². The van der Waals surface area contributed by atoms with Gasteiger partial charge in [0.1, 0.15) is 0 Å². The second kappa shape index (κ2) is 6.15. The van der Waals surface area contributed by atoms with Gasteiger partial charge < -0.3 is 11.1 Å². The molecule has 0 bridgehead atoms. The first-order valence-corrected chi connectivity index (χ1v) is 9.18. The van der Waals surface area contributed by atoms with Crippen molar-refractivity contribution in [3.05, 3.63) is 35.4 Å². The van der Waals surface area contributed by atoms with Crippen molar-refractivity contribution in [2.75, 3.05) is 6.26 Å². The second-order valence-electron chi connectivity index (χ2n) is 5.88. The van der Waals surface area contributed by atoms with E-state index in [4.69, 9.17) is 5.73 Å². The van der Waals surface area contributed by atoms with Crippen LogP contribution in [-0.2, 0) is 26.9 Å². The van der Waals surface area contributed by atoms with Gasteiger partial charge in [-0.15, -0.1) is 0 Å². The van der Waals surface area contributed by atoms with Gasteiger partial charge in [0.2, 0.25) is 5.91 Å². The number of benzene rings is 1. The fourth-order valence-electron chi connectivity index (χ4n) is 2.74. The maximum atomic E-state index is 12.2. The van der Waals surface area contributed by atoms with E-state index in [1.54, 1.807) is 12.1 Å². The lowest BCUT2D eigenvalue weighted by atomic mass is 9.98. The predicted molar refractivity (Wildman–Crippen MR) is 82.2 cm³/mol. The number of rotatable bonds is 5. The van der Waals surface area contributed by atoms with Gasteiger partial charge in [0.15, 0.2) is 9.84 Å². The van der Waals surface area contributed by atoms with Crippen LogP contribution in [0.3, 0.4) is 0 Å². The highest BCUT2D eigenvalue weighted by Crippen LogP contribution is 2.27. The lowest BCUT2D eigenvalue weighted by Gasteiger charge is -2.22. The molecule has 0 aliphatic heterocycles. The Kier molecular flexibility index (Phi) is 4.68. The van der Waals surface area contributed by atoms with Crippen LogP contribution in [-0.4, -0.2) is 26.1 Å². The highest BCUT2D eigenvalue weighted by molar-refractivity contribution is 7.89. The zero-order chi connectivity index (χ0) is 15.5. The molecule has 1 aromatic rings. The summed E-state index contributed by atoms with van der Waals surface area (Å²) in [4.78, 5) is 12.2. The molecule has 1 aromatic carbocycles. The van der Waals surface area contributed by atoms with E-state index >= 15 is 0 Å². The van der Waals surface area contributed by atoms with Crippen LogP contribution in [0.4, 0.5) is 0 Å². The quantitative estimate of drug-likeness (QED) is 0.853. The van der Waals surface area contributed by atoms with Crippen molar-refractivity contribution in [3.63, 3.8) is 0 Å². The molecule has 0 aromatic heterocycles. The first-order chi connectivity index (χ1) is 9.80. The number of sulfone groups is 1. The lowest BCUT2D eigenvalue weighted by Crippen LogP contribution is -2.51. The minimum atomic E-state index is -3.10. The van der Waals surface area contributed by atoms with Gasteiger partial charge in [0, 0.05) is 12.8 Å². The molecule has 1 amide bonds. The summed E-state index contributed by atoms with van der Waals surface area (Å²) in [7, 11) is -3.10. The molecule has 0 saturated heterocycles. The minimum Gasteiger partial charge on any atom is -0.350 e. The summed E-state index contributed by atoms with van der Waals surface area (Å²) in [5.74, 6) is -0.165. The maximum Gasteiger partial charge on any atom is 0.240 e. The number of carbonyl (C=O) groups excluding carboxylic acids is 1. The van der Waals surface area contributed by atoms with Crippen molar-refractivity contribution in [1.82, 2.24) is 5.32 Å². The molecular formula is C15H22N2O3S. The molecule has 21 heavy (non-hydrogen) atoms. The monoisotopic (exact) mass is 310 g/mol. The van der Waals surface area contributed by atoms with Crippen LogP contribution >= 0.6 is 0 Å². The highest BCUT2D eigenvalue weighted by atomic mass is 32.2. The van der Waals surface area contributed by atoms with Gasteiger partial charge in [-0.1, -0.05) is 37.1 Å². The third-order valence-corrected chi connectivity index (χ3v) is 4.76. The summed E-state index contributed by atoms with van der Waals surface area (Å²) in [6.07, 6.45) is 4.59. The second-order valence-corrected chi connectivity index (χ2v) is 8.02. The Morgan fingerprint density at radius 1 is 1.24 bits per heavy atom. The first-order valence-electron chi connectivity index (χ1n) is 7.12. The van der Waals surface area contributed by atoms with E-state index < -0.39 is 15.4 Å². The highest BCUT2D eigenvalue weighted by Gasteiger charge is 2.36. The van der Waals surface area contributed by atoms with E-state index in [0.717, 1.165) is 24.0 Å². The average molecular weight is 310 g/mol. The van der Waals surface area contributed by atoms with Crippen LogP contribution in [0.25, 0.3) is 0 Å². The molecule has 0 heterocycles. The predicted octanol–water partition coefficient (Wildman–Crippen LogP) is 1.12. The fourth-order valence-corrected chi connectivity index (χ4v) is 3.58. The summed E-state index contributed by atoms with van der Waals surface area (Å²) in [6.45, 7) is 0.309. The van der Waals surface area contributed by atoms with Crippen LogP contribution in [0.15, 0.2) is 24.3 Å². The number of nitrogens with one attached hydrogen (secondary N) is 1. The van der Waals surface area contributed by atoms with Crippen molar-refractivity contribution < 1.29 is 13.2 Å². The maximum absolute atomic E-state index is 12.2. The van der Waals surface area contributed by atoms with Crippen LogP contribution in [0.2, 0.25) is 0 Å². The van der Waals surface area contributed by atoms with E-state index in [0.29, 0.717) is 19.4 Å². The SMILES string of the molecule is CS(=O)(=O)Cc1ccccc1CNC(=O)C1(N)CCCC1. The lowest BCUT2D eigenvalue weighted by molar-refractivity contribution is -0.126. The zero-order valence-electron chi connectivity index (χ0n) is 12.3. The van der Waals surface area contributed by atoms with Gasteiger partial charge in [-0.3, -0.25) is 4.79 Å². The average Bonchev–Trinajstić information content (AvgIpc) is 2.84. The van der Waals surface area contributed by atoms with Crippen molar-refractivity contribution in [2.24, 2.45) is 5.73 Å². The Hall–Kier alpha value is -1.40. The number of carbonyl (C=O) groups is 1. The fraction of sp³-hybridized carbons (Fsp3) is 0.533.